The first kappa shape index (κ1) is 13.8. The van der Waals surface area contributed by atoms with Crippen LogP contribution in [0.5, 0.6) is 0 Å². The van der Waals surface area contributed by atoms with Gasteiger partial charge in [-0.2, -0.15) is 5.26 Å². The van der Waals surface area contributed by atoms with Crippen LogP contribution in [0.3, 0.4) is 0 Å². The molecule has 0 aliphatic rings. The molecule has 0 saturated carbocycles. The molecule has 0 unspecified atom stereocenters. The van der Waals surface area contributed by atoms with E-state index in [1.807, 2.05) is 6.07 Å². The second kappa shape index (κ2) is 5.59. The molecule has 20 heavy (non-hydrogen) atoms. The Balaban J connectivity index is 2.30. The first-order chi connectivity index (χ1) is 9.51. The summed E-state index contributed by atoms with van der Waals surface area (Å²) in [5, 5.41) is 11.7. The molecule has 1 aromatic carbocycles. The topological polar surface area (TPSA) is 74.9 Å². The van der Waals surface area contributed by atoms with Gasteiger partial charge in [0, 0.05) is 24.9 Å². The summed E-state index contributed by atoms with van der Waals surface area (Å²) in [7, 11) is 1.59. The lowest BCUT2D eigenvalue weighted by atomic mass is 10.2. The molecule has 2 rings (SSSR count). The van der Waals surface area contributed by atoms with Crippen molar-refractivity contribution in [1.82, 2.24) is 4.57 Å². The van der Waals surface area contributed by atoms with E-state index in [4.69, 9.17) is 16.9 Å². The number of halogens is 1. The van der Waals surface area contributed by atoms with Crippen molar-refractivity contribution in [2.45, 2.75) is 0 Å². The number of rotatable bonds is 2. The Morgan fingerprint density at radius 3 is 2.75 bits per heavy atom. The molecule has 1 heterocycles. The fraction of sp³-hybridized carbons (Fsp3) is 0.0714. The summed E-state index contributed by atoms with van der Waals surface area (Å²) in [5.74, 6) is -0.459. The van der Waals surface area contributed by atoms with Gasteiger partial charge >= 0.3 is 0 Å². The van der Waals surface area contributed by atoms with Crippen LogP contribution >= 0.6 is 11.6 Å². The Hall–Kier alpha value is -2.58. The van der Waals surface area contributed by atoms with Crippen LogP contribution in [0.2, 0.25) is 5.02 Å². The number of aryl methyl sites for hydroxylation is 1. The quantitative estimate of drug-likeness (QED) is 0.920. The number of nitrogens with zero attached hydrogens (tertiary/aromatic N) is 2. The zero-order chi connectivity index (χ0) is 14.7. The maximum absolute atomic E-state index is 12.0. The summed E-state index contributed by atoms with van der Waals surface area (Å²) in [5.41, 5.74) is 0.658. The molecule has 1 amide bonds. The Labute approximate surface area is 120 Å². The predicted molar refractivity (Wildman–Crippen MR) is 75.8 cm³/mol. The van der Waals surface area contributed by atoms with E-state index in [9.17, 15) is 9.59 Å². The number of aromatic nitrogens is 1. The van der Waals surface area contributed by atoms with E-state index in [-0.39, 0.29) is 11.1 Å². The fourth-order valence-corrected chi connectivity index (χ4v) is 1.74. The third-order valence-electron chi connectivity index (χ3n) is 2.71. The number of benzene rings is 1. The Morgan fingerprint density at radius 2 is 2.10 bits per heavy atom. The van der Waals surface area contributed by atoms with Gasteiger partial charge in [-0.15, -0.1) is 0 Å². The number of hydrogen-bond donors (Lipinski definition) is 1. The molecule has 6 heteroatoms. The van der Waals surface area contributed by atoms with E-state index < -0.39 is 5.91 Å². The lowest BCUT2D eigenvalue weighted by molar-refractivity contribution is 0.102. The molecular formula is C14H10ClN3O2. The molecule has 0 saturated heterocycles. The van der Waals surface area contributed by atoms with Crippen molar-refractivity contribution in [1.29, 1.82) is 5.26 Å². The second-order valence-corrected chi connectivity index (χ2v) is 4.53. The minimum Gasteiger partial charge on any atom is -0.321 e. The van der Waals surface area contributed by atoms with Crippen LogP contribution in [0, 0.1) is 11.3 Å². The molecule has 1 aromatic heterocycles. The van der Waals surface area contributed by atoms with Crippen molar-refractivity contribution < 1.29 is 4.79 Å². The highest BCUT2D eigenvalue weighted by atomic mass is 35.5. The van der Waals surface area contributed by atoms with Gasteiger partial charge in [-0.1, -0.05) is 11.6 Å². The van der Waals surface area contributed by atoms with E-state index >= 15 is 0 Å². The number of hydrogen-bond acceptors (Lipinski definition) is 3. The number of pyridine rings is 1. The summed E-state index contributed by atoms with van der Waals surface area (Å²) in [6, 6.07) is 9.27. The van der Waals surface area contributed by atoms with Crippen molar-refractivity contribution in [2.24, 2.45) is 7.05 Å². The third kappa shape index (κ3) is 2.87. The van der Waals surface area contributed by atoms with Crippen molar-refractivity contribution >= 4 is 23.2 Å². The average Bonchev–Trinajstić information content (AvgIpc) is 2.44. The first-order valence-corrected chi connectivity index (χ1v) is 6.07. The molecule has 0 radical (unpaired) electrons. The Bertz CT molecular complexity index is 775. The maximum atomic E-state index is 12.0. The summed E-state index contributed by atoms with van der Waals surface area (Å²) in [6.45, 7) is 0. The normalized spacial score (nSPS) is 9.85. The molecule has 0 atom stereocenters. The zero-order valence-electron chi connectivity index (χ0n) is 10.6. The van der Waals surface area contributed by atoms with Gasteiger partial charge in [0.1, 0.15) is 0 Å². The largest absolute Gasteiger partial charge is 0.321 e. The lowest BCUT2D eigenvalue weighted by Crippen LogP contribution is -2.20. The number of amides is 1. The van der Waals surface area contributed by atoms with Gasteiger partial charge in [0.2, 0.25) is 0 Å². The van der Waals surface area contributed by atoms with Crippen LogP contribution in [0.4, 0.5) is 5.69 Å². The fourth-order valence-electron chi connectivity index (χ4n) is 1.57. The van der Waals surface area contributed by atoms with Crippen molar-refractivity contribution in [3.8, 4) is 6.07 Å². The zero-order valence-corrected chi connectivity index (χ0v) is 11.3. The smallest absolute Gasteiger partial charge is 0.255 e. The van der Waals surface area contributed by atoms with Crippen LogP contribution in [0.15, 0.2) is 41.3 Å². The van der Waals surface area contributed by atoms with Crippen LogP contribution in [0.1, 0.15) is 15.9 Å². The van der Waals surface area contributed by atoms with Gasteiger partial charge in [0.05, 0.1) is 22.3 Å². The van der Waals surface area contributed by atoms with Crippen LogP contribution in [0.25, 0.3) is 0 Å². The van der Waals surface area contributed by atoms with E-state index in [2.05, 4.69) is 5.32 Å². The molecule has 2 aromatic rings. The maximum Gasteiger partial charge on any atom is 0.255 e. The second-order valence-electron chi connectivity index (χ2n) is 4.13. The molecule has 0 spiro atoms. The van der Waals surface area contributed by atoms with Gasteiger partial charge in [-0.3, -0.25) is 9.59 Å². The average molecular weight is 288 g/mol. The molecule has 0 fully saturated rings. The van der Waals surface area contributed by atoms with Gasteiger partial charge in [0.15, 0.2) is 0 Å². The standard InChI is InChI=1S/C14H10ClN3O2/c1-18-5-4-10(7-13(18)19)14(20)17-12-6-9(8-16)2-3-11(12)15/h2-7H,1H3,(H,17,20). The van der Waals surface area contributed by atoms with Gasteiger partial charge in [-0.05, 0) is 24.3 Å². The molecule has 0 aliphatic carbocycles. The number of anilines is 1. The van der Waals surface area contributed by atoms with Crippen LogP contribution in [-0.4, -0.2) is 10.5 Å². The Morgan fingerprint density at radius 1 is 1.35 bits per heavy atom. The van der Waals surface area contributed by atoms with Crippen molar-refractivity contribution in [3.05, 3.63) is 63.0 Å². The summed E-state index contributed by atoms with van der Waals surface area (Å²) >= 11 is 5.95. The first-order valence-electron chi connectivity index (χ1n) is 5.69. The monoisotopic (exact) mass is 287 g/mol. The number of nitrogens with one attached hydrogen (secondary N) is 1. The van der Waals surface area contributed by atoms with Gasteiger partial charge < -0.3 is 9.88 Å². The highest BCUT2D eigenvalue weighted by Gasteiger charge is 2.10. The predicted octanol–water partition coefficient (Wildman–Crippen LogP) is 2.16. The number of carbonyl (C=O) groups is 1. The van der Waals surface area contributed by atoms with Crippen molar-refractivity contribution in [2.75, 3.05) is 5.32 Å². The number of carbonyl (C=O) groups excluding carboxylic acids is 1. The highest BCUT2D eigenvalue weighted by molar-refractivity contribution is 6.34. The van der Waals surface area contributed by atoms with Crippen molar-refractivity contribution in [3.63, 3.8) is 0 Å². The summed E-state index contributed by atoms with van der Waals surface area (Å²) in [4.78, 5) is 23.5. The van der Waals surface area contributed by atoms with E-state index in [0.717, 1.165) is 0 Å². The van der Waals surface area contributed by atoms with E-state index in [1.54, 1.807) is 13.1 Å². The molecular weight excluding hydrogens is 278 g/mol. The van der Waals surface area contributed by atoms with E-state index in [1.165, 1.54) is 35.0 Å². The van der Waals surface area contributed by atoms with E-state index in [0.29, 0.717) is 16.3 Å². The van der Waals surface area contributed by atoms with Gasteiger partial charge in [-0.25, -0.2) is 0 Å². The molecule has 0 bridgehead atoms. The van der Waals surface area contributed by atoms with Crippen LogP contribution < -0.4 is 10.9 Å². The molecule has 1 N–H and O–H groups in total. The highest BCUT2D eigenvalue weighted by Crippen LogP contribution is 2.23. The minimum absolute atomic E-state index is 0.228. The SMILES string of the molecule is Cn1ccc(C(=O)Nc2cc(C#N)ccc2Cl)cc1=O. The number of nitriles is 1. The molecule has 0 aliphatic heterocycles. The van der Waals surface area contributed by atoms with Crippen LogP contribution in [-0.2, 0) is 7.05 Å². The molecule has 100 valence electrons. The third-order valence-corrected chi connectivity index (χ3v) is 3.04. The minimum atomic E-state index is -0.459. The summed E-state index contributed by atoms with van der Waals surface area (Å²) in [6.07, 6.45) is 1.50. The molecule has 5 nitrogen and oxygen atoms in total. The lowest BCUT2D eigenvalue weighted by Gasteiger charge is -2.08. The Kier molecular flexibility index (Phi) is 3.87. The summed E-state index contributed by atoms with van der Waals surface area (Å²) < 4.78 is 1.36. The van der Waals surface area contributed by atoms with Gasteiger partial charge in [0.25, 0.3) is 11.5 Å².